The minimum absolute atomic E-state index is 0.0821. The van der Waals surface area contributed by atoms with Gasteiger partial charge in [-0.3, -0.25) is 4.79 Å². The van der Waals surface area contributed by atoms with Gasteiger partial charge in [-0.1, -0.05) is 24.3 Å². The van der Waals surface area contributed by atoms with E-state index in [4.69, 9.17) is 4.74 Å². The van der Waals surface area contributed by atoms with Crippen LogP contribution in [0.3, 0.4) is 0 Å². The van der Waals surface area contributed by atoms with Crippen LogP contribution >= 0.6 is 11.3 Å². The number of nitrogens with one attached hydrogen (secondary N) is 2. The predicted molar refractivity (Wildman–Crippen MR) is 103 cm³/mol. The summed E-state index contributed by atoms with van der Waals surface area (Å²) in [6.07, 6.45) is -0.436. The molecule has 1 unspecified atom stereocenters. The van der Waals surface area contributed by atoms with E-state index in [-0.39, 0.29) is 11.9 Å². The summed E-state index contributed by atoms with van der Waals surface area (Å²) >= 11 is 1.53. The number of carbonyl (C=O) groups excluding carboxylic acids is 2. The SMILES string of the molecule is CC(=O)NCc1ncsc1-c1ccc(C(C)NC(=O)OC(C)(C)C)cc1. The van der Waals surface area contributed by atoms with Crippen molar-refractivity contribution in [2.75, 3.05) is 0 Å². The molecule has 0 saturated heterocycles. The van der Waals surface area contributed by atoms with Crippen LogP contribution in [0.15, 0.2) is 29.8 Å². The van der Waals surface area contributed by atoms with Crippen molar-refractivity contribution >= 4 is 23.3 Å². The summed E-state index contributed by atoms with van der Waals surface area (Å²) in [5.74, 6) is -0.0821. The average molecular weight is 375 g/mol. The van der Waals surface area contributed by atoms with Crippen molar-refractivity contribution in [2.45, 2.75) is 52.8 Å². The van der Waals surface area contributed by atoms with E-state index < -0.39 is 11.7 Å². The van der Waals surface area contributed by atoms with Crippen LogP contribution in [-0.4, -0.2) is 22.6 Å². The van der Waals surface area contributed by atoms with Crippen LogP contribution in [0, 0.1) is 0 Å². The first-order valence-corrected chi connectivity index (χ1v) is 9.30. The van der Waals surface area contributed by atoms with Crippen molar-refractivity contribution < 1.29 is 14.3 Å². The summed E-state index contributed by atoms with van der Waals surface area (Å²) in [6, 6.07) is 7.76. The van der Waals surface area contributed by atoms with E-state index in [2.05, 4.69) is 15.6 Å². The van der Waals surface area contributed by atoms with Crippen LogP contribution in [0.5, 0.6) is 0 Å². The van der Waals surface area contributed by atoms with Gasteiger partial charge in [-0.05, 0) is 38.8 Å². The Balaban J connectivity index is 2.05. The molecule has 2 amide bonds. The number of aromatic nitrogens is 1. The highest BCUT2D eigenvalue weighted by Gasteiger charge is 2.18. The molecular formula is C19H25N3O3S. The molecule has 0 spiro atoms. The zero-order valence-corrected chi connectivity index (χ0v) is 16.6. The minimum Gasteiger partial charge on any atom is -0.444 e. The van der Waals surface area contributed by atoms with Crippen LogP contribution in [0.25, 0.3) is 10.4 Å². The van der Waals surface area contributed by atoms with Crippen LogP contribution in [-0.2, 0) is 16.1 Å². The van der Waals surface area contributed by atoms with E-state index in [9.17, 15) is 9.59 Å². The van der Waals surface area contributed by atoms with Gasteiger partial charge in [-0.15, -0.1) is 11.3 Å². The lowest BCUT2D eigenvalue weighted by atomic mass is 10.0. The maximum absolute atomic E-state index is 11.9. The highest BCUT2D eigenvalue weighted by molar-refractivity contribution is 7.13. The lowest BCUT2D eigenvalue weighted by Crippen LogP contribution is -2.34. The molecule has 0 aliphatic carbocycles. The Morgan fingerprint density at radius 2 is 1.88 bits per heavy atom. The van der Waals surface area contributed by atoms with Gasteiger partial charge in [-0.25, -0.2) is 9.78 Å². The molecule has 0 fully saturated rings. The second-order valence-corrected chi connectivity index (χ2v) is 7.88. The summed E-state index contributed by atoms with van der Waals surface area (Å²) in [7, 11) is 0. The number of benzene rings is 1. The zero-order valence-electron chi connectivity index (χ0n) is 15.8. The normalized spacial score (nSPS) is 12.3. The molecule has 2 N–H and O–H groups in total. The van der Waals surface area contributed by atoms with Crippen molar-refractivity contribution in [3.63, 3.8) is 0 Å². The molecule has 6 nitrogen and oxygen atoms in total. The van der Waals surface area contributed by atoms with E-state index >= 15 is 0 Å². The van der Waals surface area contributed by atoms with E-state index in [1.165, 1.54) is 18.3 Å². The van der Waals surface area contributed by atoms with Crippen molar-refractivity contribution in [3.05, 3.63) is 41.0 Å². The zero-order chi connectivity index (χ0) is 19.3. The molecule has 0 saturated carbocycles. The lowest BCUT2D eigenvalue weighted by molar-refractivity contribution is -0.119. The lowest BCUT2D eigenvalue weighted by Gasteiger charge is -2.22. The number of nitrogens with zero attached hydrogens (tertiary/aromatic N) is 1. The van der Waals surface area contributed by atoms with E-state index in [0.29, 0.717) is 6.54 Å². The molecule has 1 heterocycles. The molecule has 0 aliphatic rings. The summed E-state index contributed by atoms with van der Waals surface area (Å²) in [4.78, 5) is 28.3. The fraction of sp³-hybridized carbons (Fsp3) is 0.421. The number of amides is 2. The van der Waals surface area contributed by atoms with Gasteiger partial charge >= 0.3 is 6.09 Å². The second kappa shape index (κ2) is 8.31. The largest absolute Gasteiger partial charge is 0.444 e. The number of carbonyl (C=O) groups is 2. The quantitative estimate of drug-likeness (QED) is 0.827. The maximum Gasteiger partial charge on any atom is 0.408 e. The summed E-state index contributed by atoms with van der Waals surface area (Å²) in [5.41, 5.74) is 4.10. The Labute approximate surface area is 158 Å². The summed E-state index contributed by atoms with van der Waals surface area (Å²) in [6.45, 7) is 9.30. The van der Waals surface area contributed by atoms with Crippen molar-refractivity contribution in [1.82, 2.24) is 15.6 Å². The Morgan fingerprint density at radius 1 is 1.23 bits per heavy atom. The summed E-state index contributed by atoms with van der Waals surface area (Å²) < 4.78 is 5.28. The standard InChI is InChI=1S/C19H25N3O3S/c1-12(22-18(24)25-19(3,4)5)14-6-8-15(9-7-14)17-16(21-11-26-17)10-20-13(2)23/h6-9,11-12H,10H2,1-5H3,(H,20,23)(H,22,24). The van der Waals surface area contributed by atoms with Gasteiger partial charge in [0.05, 0.1) is 28.7 Å². The smallest absolute Gasteiger partial charge is 0.408 e. The van der Waals surface area contributed by atoms with Gasteiger partial charge < -0.3 is 15.4 Å². The number of ether oxygens (including phenoxy) is 1. The number of hydrogen-bond acceptors (Lipinski definition) is 5. The fourth-order valence-electron chi connectivity index (χ4n) is 2.33. The summed E-state index contributed by atoms with van der Waals surface area (Å²) in [5, 5.41) is 5.60. The monoisotopic (exact) mass is 375 g/mol. The van der Waals surface area contributed by atoms with Gasteiger partial charge in [0, 0.05) is 6.92 Å². The number of rotatable bonds is 5. The third-order valence-electron chi connectivity index (χ3n) is 3.55. The van der Waals surface area contributed by atoms with Gasteiger partial charge in [0.15, 0.2) is 0 Å². The Bertz CT molecular complexity index is 763. The van der Waals surface area contributed by atoms with Crippen molar-refractivity contribution in [2.24, 2.45) is 0 Å². The van der Waals surface area contributed by atoms with Crippen LogP contribution in [0.4, 0.5) is 4.79 Å². The first-order chi connectivity index (χ1) is 12.2. The molecule has 0 bridgehead atoms. The molecule has 140 valence electrons. The van der Waals surface area contributed by atoms with Crippen molar-refractivity contribution in [3.8, 4) is 10.4 Å². The molecule has 1 aromatic carbocycles. The van der Waals surface area contributed by atoms with Gasteiger partial charge in [0.1, 0.15) is 5.60 Å². The topological polar surface area (TPSA) is 80.3 Å². The Hall–Kier alpha value is -2.41. The highest BCUT2D eigenvalue weighted by Crippen LogP contribution is 2.29. The van der Waals surface area contributed by atoms with Crippen LogP contribution < -0.4 is 10.6 Å². The molecule has 2 aromatic rings. The third-order valence-corrected chi connectivity index (χ3v) is 4.47. The minimum atomic E-state index is -0.524. The van der Waals surface area contributed by atoms with E-state index in [1.54, 1.807) is 5.51 Å². The van der Waals surface area contributed by atoms with Crippen LogP contribution in [0.1, 0.15) is 51.9 Å². The van der Waals surface area contributed by atoms with Crippen molar-refractivity contribution in [1.29, 1.82) is 0 Å². The molecule has 7 heteroatoms. The third kappa shape index (κ3) is 5.84. The molecule has 26 heavy (non-hydrogen) atoms. The molecule has 2 rings (SSSR count). The molecule has 1 atom stereocenters. The van der Waals surface area contributed by atoms with Gasteiger partial charge in [-0.2, -0.15) is 0 Å². The Morgan fingerprint density at radius 3 is 2.46 bits per heavy atom. The Kier molecular flexibility index (Phi) is 6.37. The molecular weight excluding hydrogens is 350 g/mol. The average Bonchev–Trinajstić information content (AvgIpc) is 2.99. The van der Waals surface area contributed by atoms with E-state index in [0.717, 1.165) is 21.7 Å². The first kappa shape index (κ1) is 19.9. The molecule has 1 aromatic heterocycles. The molecule has 0 aliphatic heterocycles. The number of alkyl carbamates (subject to hydrolysis) is 1. The van der Waals surface area contributed by atoms with Crippen LogP contribution in [0.2, 0.25) is 0 Å². The number of hydrogen-bond donors (Lipinski definition) is 2. The van der Waals surface area contributed by atoms with Gasteiger partial charge in [0.25, 0.3) is 0 Å². The molecule has 0 radical (unpaired) electrons. The maximum atomic E-state index is 11.9. The highest BCUT2D eigenvalue weighted by atomic mass is 32.1. The fourth-order valence-corrected chi connectivity index (χ4v) is 3.15. The second-order valence-electron chi connectivity index (χ2n) is 7.03. The first-order valence-electron chi connectivity index (χ1n) is 8.42. The van der Waals surface area contributed by atoms with Gasteiger partial charge in [0.2, 0.25) is 5.91 Å². The predicted octanol–water partition coefficient (Wildman–Crippen LogP) is 4.03. The number of thiazole rings is 1. The van der Waals surface area contributed by atoms with E-state index in [1.807, 2.05) is 52.0 Å².